The minimum Gasteiger partial charge on any atom is -0.310 e. The van der Waals surface area contributed by atoms with Gasteiger partial charge in [-0.25, -0.2) is 0 Å². The molecule has 0 radical (unpaired) electrons. The molecular weight excluding hydrogens is 356 g/mol. The lowest BCUT2D eigenvalue weighted by Gasteiger charge is -2.28. The molecular formula is C25H18N4. The van der Waals surface area contributed by atoms with E-state index in [4.69, 9.17) is 10.5 Å². The zero-order valence-corrected chi connectivity index (χ0v) is 16.2. The minimum absolute atomic E-state index is 0.0832. The molecule has 0 bridgehead atoms. The summed E-state index contributed by atoms with van der Waals surface area (Å²) in [6, 6.07) is 29.2. The molecule has 0 aliphatic carbocycles. The summed E-state index contributed by atoms with van der Waals surface area (Å²) >= 11 is 0. The Labute approximate surface area is 170 Å². The second kappa shape index (κ2) is 8.57. The minimum atomic E-state index is -0.185. The summed E-state index contributed by atoms with van der Waals surface area (Å²) in [7, 11) is 0. The third kappa shape index (κ3) is 3.86. The van der Waals surface area contributed by atoms with E-state index < -0.39 is 0 Å². The summed E-state index contributed by atoms with van der Waals surface area (Å²) in [5.74, 6) is 0. The van der Waals surface area contributed by atoms with E-state index in [-0.39, 0.29) is 11.1 Å². The number of hydrogen-bond donors (Lipinski definition) is 0. The SMILES string of the molecule is Cc1ccccc1N(c1ccc(C(C#N)=C(C#N)C#N)cc1)c1ccccc1C. The molecule has 0 N–H and O–H groups in total. The fraction of sp³-hybridized carbons (Fsp3) is 0.0800. The summed E-state index contributed by atoms with van der Waals surface area (Å²) in [6.45, 7) is 4.13. The molecule has 0 spiro atoms. The van der Waals surface area contributed by atoms with E-state index in [0.29, 0.717) is 5.56 Å². The second-order valence-corrected chi connectivity index (χ2v) is 6.54. The molecule has 0 amide bonds. The predicted molar refractivity (Wildman–Crippen MR) is 114 cm³/mol. The van der Waals surface area contributed by atoms with Crippen molar-refractivity contribution in [1.29, 1.82) is 15.8 Å². The van der Waals surface area contributed by atoms with Gasteiger partial charge in [0.2, 0.25) is 0 Å². The van der Waals surface area contributed by atoms with Crippen LogP contribution in [-0.4, -0.2) is 0 Å². The number of hydrogen-bond acceptors (Lipinski definition) is 4. The second-order valence-electron chi connectivity index (χ2n) is 6.54. The van der Waals surface area contributed by atoms with Crippen molar-refractivity contribution in [2.75, 3.05) is 4.90 Å². The number of allylic oxidation sites excluding steroid dienone is 2. The molecule has 0 aliphatic rings. The van der Waals surface area contributed by atoms with Gasteiger partial charge in [-0.3, -0.25) is 0 Å². The first-order chi connectivity index (χ1) is 14.1. The summed E-state index contributed by atoms with van der Waals surface area (Å²) in [4.78, 5) is 2.17. The van der Waals surface area contributed by atoms with Crippen LogP contribution in [0.5, 0.6) is 0 Å². The van der Waals surface area contributed by atoms with Gasteiger partial charge >= 0.3 is 0 Å². The number of nitrogens with zero attached hydrogens (tertiary/aromatic N) is 4. The molecule has 138 valence electrons. The fourth-order valence-corrected chi connectivity index (χ4v) is 3.22. The Morgan fingerprint density at radius 2 is 1.14 bits per heavy atom. The first-order valence-corrected chi connectivity index (χ1v) is 9.07. The van der Waals surface area contributed by atoms with Crippen molar-refractivity contribution in [2.45, 2.75) is 13.8 Å². The number of anilines is 3. The van der Waals surface area contributed by atoms with Crippen molar-refractivity contribution < 1.29 is 0 Å². The van der Waals surface area contributed by atoms with Gasteiger partial charge in [-0.2, -0.15) is 15.8 Å². The number of rotatable bonds is 4. The van der Waals surface area contributed by atoms with Gasteiger partial charge in [0.25, 0.3) is 0 Å². The Kier molecular flexibility index (Phi) is 5.74. The molecule has 3 aromatic carbocycles. The molecule has 0 unspecified atom stereocenters. The first-order valence-electron chi connectivity index (χ1n) is 9.07. The number of benzene rings is 3. The normalized spacial score (nSPS) is 9.62. The van der Waals surface area contributed by atoms with E-state index in [1.54, 1.807) is 24.3 Å². The van der Waals surface area contributed by atoms with E-state index in [9.17, 15) is 5.26 Å². The molecule has 4 nitrogen and oxygen atoms in total. The predicted octanol–water partition coefficient (Wildman–Crippen LogP) is 6.10. The number of para-hydroxylation sites is 2. The van der Waals surface area contributed by atoms with Crippen molar-refractivity contribution in [3.63, 3.8) is 0 Å². The van der Waals surface area contributed by atoms with Gasteiger partial charge in [0.1, 0.15) is 23.8 Å². The Balaban J connectivity index is 2.17. The molecule has 0 aliphatic heterocycles. The maximum Gasteiger partial charge on any atom is 0.148 e. The van der Waals surface area contributed by atoms with Crippen LogP contribution in [0.3, 0.4) is 0 Å². The van der Waals surface area contributed by atoms with E-state index >= 15 is 0 Å². The zero-order valence-electron chi connectivity index (χ0n) is 16.2. The van der Waals surface area contributed by atoms with Gasteiger partial charge in [-0.15, -0.1) is 0 Å². The van der Waals surface area contributed by atoms with Gasteiger partial charge < -0.3 is 4.90 Å². The molecule has 29 heavy (non-hydrogen) atoms. The van der Waals surface area contributed by atoms with E-state index in [0.717, 1.165) is 28.2 Å². The molecule has 4 heteroatoms. The van der Waals surface area contributed by atoms with Crippen molar-refractivity contribution >= 4 is 22.6 Å². The molecule has 3 rings (SSSR count). The van der Waals surface area contributed by atoms with Crippen LogP contribution in [0.2, 0.25) is 0 Å². The topological polar surface area (TPSA) is 74.6 Å². The molecule has 0 fully saturated rings. The highest BCUT2D eigenvalue weighted by Crippen LogP contribution is 2.38. The highest BCUT2D eigenvalue weighted by Gasteiger charge is 2.16. The van der Waals surface area contributed by atoms with Gasteiger partial charge in [0.05, 0.1) is 5.57 Å². The monoisotopic (exact) mass is 374 g/mol. The smallest absolute Gasteiger partial charge is 0.148 e. The van der Waals surface area contributed by atoms with Crippen LogP contribution in [0.1, 0.15) is 16.7 Å². The van der Waals surface area contributed by atoms with Crippen LogP contribution >= 0.6 is 0 Å². The van der Waals surface area contributed by atoms with Gasteiger partial charge in [-0.05, 0) is 54.8 Å². The lowest BCUT2D eigenvalue weighted by molar-refractivity contribution is 1.22. The summed E-state index contributed by atoms with van der Waals surface area (Å²) in [6.07, 6.45) is 0. The van der Waals surface area contributed by atoms with Crippen LogP contribution in [0.25, 0.3) is 5.57 Å². The van der Waals surface area contributed by atoms with Crippen LogP contribution in [0, 0.1) is 47.8 Å². The lowest BCUT2D eigenvalue weighted by Crippen LogP contribution is -2.12. The zero-order chi connectivity index (χ0) is 20.8. The molecule has 0 atom stereocenters. The van der Waals surface area contributed by atoms with Crippen LogP contribution < -0.4 is 4.90 Å². The van der Waals surface area contributed by atoms with Gasteiger partial charge in [0.15, 0.2) is 0 Å². The Bertz CT molecular complexity index is 1140. The highest BCUT2D eigenvalue weighted by molar-refractivity contribution is 5.86. The van der Waals surface area contributed by atoms with Gasteiger partial charge in [-0.1, -0.05) is 48.5 Å². The average Bonchev–Trinajstić information content (AvgIpc) is 2.75. The maximum absolute atomic E-state index is 9.40. The maximum atomic E-state index is 9.40. The van der Waals surface area contributed by atoms with E-state index in [2.05, 4.69) is 43.0 Å². The molecule has 3 aromatic rings. The average molecular weight is 374 g/mol. The molecule has 0 saturated heterocycles. The van der Waals surface area contributed by atoms with Crippen molar-refractivity contribution in [3.8, 4) is 18.2 Å². The fourth-order valence-electron chi connectivity index (χ4n) is 3.22. The number of aryl methyl sites for hydroxylation is 2. The molecule has 0 saturated carbocycles. The van der Waals surface area contributed by atoms with Crippen LogP contribution in [-0.2, 0) is 0 Å². The highest BCUT2D eigenvalue weighted by atomic mass is 15.1. The third-order valence-electron chi connectivity index (χ3n) is 4.71. The molecule has 0 heterocycles. The first kappa shape index (κ1) is 19.4. The van der Waals surface area contributed by atoms with Crippen LogP contribution in [0.15, 0.2) is 78.4 Å². The van der Waals surface area contributed by atoms with E-state index in [1.807, 2.05) is 42.5 Å². The van der Waals surface area contributed by atoms with E-state index in [1.165, 1.54) is 0 Å². The quantitative estimate of drug-likeness (QED) is 0.517. The number of nitriles is 3. The summed E-state index contributed by atoms with van der Waals surface area (Å²) < 4.78 is 0. The van der Waals surface area contributed by atoms with Gasteiger partial charge in [0, 0.05) is 17.1 Å². The van der Waals surface area contributed by atoms with Crippen molar-refractivity contribution in [3.05, 3.63) is 95.1 Å². The van der Waals surface area contributed by atoms with Crippen LogP contribution in [0.4, 0.5) is 17.1 Å². The summed E-state index contributed by atoms with van der Waals surface area (Å²) in [5, 5.41) is 27.6. The largest absolute Gasteiger partial charge is 0.310 e. The standard InChI is InChI=1S/C25H18N4/c1-18-7-3-5-9-24(18)29(25-10-6-4-8-19(25)2)22-13-11-20(12-14-22)23(17-28)21(15-26)16-27/h3-14H,1-2H3. The van der Waals surface area contributed by atoms with Crippen molar-refractivity contribution in [2.24, 2.45) is 0 Å². The third-order valence-corrected chi connectivity index (χ3v) is 4.71. The Morgan fingerprint density at radius 3 is 1.55 bits per heavy atom. The Morgan fingerprint density at radius 1 is 0.655 bits per heavy atom. The lowest BCUT2D eigenvalue weighted by atomic mass is 10.0. The van der Waals surface area contributed by atoms with Crippen molar-refractivity contribution in [1.82, 2.24) is 0 Å². The molecule has 0 aromatic heterocycles. The summed E-state index contributed by atoms with van der Waals surface area (Å²) in [5.41, 5.74) is 5.74. The Hall–Kier alpha value is -4.33.